The van der Waals surface area contributed by atoms with Gasteiger partial charge in [-0.3, -0.25) is 14.6 Å². The zero-order valence-corrected chi connectivity index (χ0v) is 26.7. The molecule has 0 bridgehead atoms. The van der Waals surface area contributed by atoms with Crippen LogP contribution in [0.2, 0.25) is 10.0 Å². The number of aromatic amines is 1. The number of nitrogens with zero attached hydrogens (tertiary/aromatic N) is 5. The number of benzene rings is 2. The molecule has 43 heavy (non-hydrogen) atoms. The van der Waals surface area contributed by atoms with Crippen molar-refractivity contribution in [1.82, 2.24) is 30.8 Å². The van der Waals surface area contributed by atoms with Crippen LogP contribution in [-0.4, -0.2) is 48.7 Å². The van der Waals surface area contributed by atoms with Gasteiger partial charge in [-0.2, -0.15) is 5.21 Å². The molecule has 228 valence electrons. The molecule has 2 amide bonds. The van der Waals surface area contributed by atoms with E-state index in [0.717, 1.165) is 50.5 Å². The van der Waals surface area contributed by atoms with Crippen molar-refractivity contribution in [1.29, 1.82) is 0 Å². The Morgan fingerprint density at radius 3 is 2.44 bits per heavy atom. The van der Waals surface area contributed by atoms with Crippen LogP contribution in [0.3, 0.4) is 0 Å². The Kier molecular flexibility index (Phi) is 9.23. The molecule has 5 rings (SSSR count). The van der Waals surface area contributed by atoms with Crippen molar-refractivity contribution in [3.05, 3.63) is 75.0 Å². The lowest BCUT2D eigenvalue weighted by atomic mass is 9.69. The quantitative estimate of drug-likeness (QED) is 0.268. The largest absolute Gasteiger partial charge is 0.345 e. The SMILES string of the molecule is CCCC[C@H](c1ccc(C(=O)NCc2nn[nH]n2)cc1)N1C(=O)C(c2ccc(Cl)c(Cl)c2)=NC12CCC(C(C)(C)C)CC2. The average molecular weight is 625 g/mol. The van der Waals surface area contributed by atoms with E-state index in [4.69, 9.17) is 28.2 Å². The molecular weight excluding hydrogens is 585 g/mol. The van der Waals surface area contributed by atoms with Gasteiger partial charge in [0.05, 0.1) is 22.6 Å². The summed E-state index contributed by atoms with van der Waals surface area (Å²) < 4.78 is 0. The summed E-state index contributed by atoms with van der Waals surface area (Å²) in [6.45, 7) is 9.21. The van der Waals surface area contributed by atoms with Gasteiger partial charge in [0.15, 0.2) is 5.82 Å². The van der Waals surface area contributed by atoms with Crippen LogP contribution in [0.4, 0.5) is 0 Å². The van der Waals surface area contributed by atoms with Crippen molar-refractivity contribution in [2.45, 2.75) is 90.9 Å². The molecule has 9 nitrogen and oxygen atoms in total. The molecule has 1 atom stereocenters. The molecule has 2 aromatic carbocycles. The number of hydrogen-bond acceptors (Lipinski definition) is 6. The van der Waals surface area contributed by atoms with E-state index < -0.39 is 5.66 Å². The van der Waals surface area contributed by atoms with E-state index in [0.29, 0.717) is 38.6 Å². The van der Waals surface area contributed by atoms with E-state index in [-0.39, 0.29) is 29.8 Å². The fourth-order valence-electron chi connectivity index (χ4n) is 6.39. The molecule has 1 aliphatic heterocycles. The monoisotopic (exact) mass is 623 g/mol. The second kappa shape index (κ2) is 12.7. The molecule has 2 N–H and O–H groups in total. The highest BCUT2D eigenvalue weighted by atomic mass is 35.5. The van der Waals surface area contributed by atoms with E-state index in [2.05, 4.69) is 53.6 Å². The third-order valence-electron chi connectivity index (χ3n) is 8.89. The number of tetrazole rings is 1. The molecule has 0 unspecified atom stereocenters. The smallest absolute Gasteiger partial charge is 0.275 e. The van der Waals surface area contributed by atoms with Gasteiger partial charge < -0.3 is 10.2 Å². The number of nitrogens with one attached hydrogen (secondary N) is 2. The minimum Gasteiger partial charge on any atom is -0.345 e. The normalized spacial score (nSPS) is 21.3. The first-order valence-electron chi connectivity index (χ1n) is 15.0. The van der Waals surface area contributed by atoms with Crippen LogP contribution >= 0.6 is 23.2 Å². The van der Waals surface area contributed by atoms with Gasteiger partial charge in [0.1, 0.15) is 11.4 Å². The lowest BCUT2D eigenvalue weighted by Gasteiger charge is -2.47. The van der Waals surface area contributed by atoms with Crippen molar-refractivity contribution in [2.24, 2.45) is 16.3 Å². The summed E-state index contributed by atoms with van der Waals surface area (Å²) >= 11 is 12.6. The number of amides is 2. The Balaban J connectivity index is 1.47. The number of unbranched alkanes of at least 4 members (excludes halogenated alkanes) is 1. The van der Waals surface area contributed by atoms with Crippen LogP contribution in [0.15, 0.2) is 47.5 Å². The van der Waals surface area contributed by atoms with Gasteiger partial charge in [0.25, 0.3) is 11.8 Å². The minimum absolute atomic E-state index is 0.0874. The van der Waals surface area contributed by atoms with Crippen LogP contribution < -0.4 is 5.32 Å². The fourth-order valence-corrected chi connectivity index (χ4v) is 6.69. The molecule has 1 saturated carbocycles. The maximum absolute atomic E-state index is 14.4. The molecule has 1 aliphatic carbocycles. The second-order valence-electron chi connectivity index (χ2n) is 12.7. The summed E-state index contributed by atoms with van der Waals surface area (Å²) in [5, 5.41) is 17.3. The van der Waals surface area contributed by atoms with Gasteiger partial charge in [-0.05, 0) is 73.3 Å². The van der Waals surface area contributed by atoms with Crippen LogP contribution in [0.25, 0.3) is 0 Å². The number of hydrogen-bond donors (Lipinski definition) is 2. The summed E-state index contributed by atoms with van der Waals surface area (Å²) in [7, 11) is 0. The summed E-state index contributed by atoms with van der Waals surface area (Å²) in [6, 6.07) is 12.6. The highest BCUT2D eigenvalue weighted by Gasteiger charge is 2.52. The van der Waals surface area contributed by atoms with Gasteiger partial charge in [0.2, 0.25) is 0 Å². The van der Waals surface area contributed by atoms with Crippen LogP contribution in [-0.2, 0) is 11.3 Å². The standard InChI is InChI=1S/C32H39Cl2N7O2/c1-5-6-7-26(20-8-10-21(11-9-20)29(42)35-19-27-37-39-40-38-27)41-30(43)28(22-12-13-24(33)25(34)18-22)36-32(41)16-14-23(15-17-32)31(2,3)4/h8-13,18,23,26H,5-7,14-17,19H2,1-4H3,(H,35,42)(H,37,38,39,40)/t23?,26-,32?/m1/s1. The maximum Gasteiger partial charge on any atom is 0.275 e. The van der Waals surface area contributed by atoms with Crippen molar-refractivity contribution < 1.29 is 9.59 Å². The van der Waals surface area contributed by atoms with E-state index in [1.807, 2.05) is 35.2 Å². The molecular formula is C32H39Cl2N7O2. The maximum atomic E-state index is 14.4. The number of rotatable bonds is 9. The first kappa shape index (κ1) is 31.1. The summed E-state index contributed by atoms with van der Waals surface area (Å²) in [5.74, 6) is 0.636. The third kappa shape index (κ3) is 6.63. The lowest BCUT2D eigenvalue weighted by molar-refractivity contribution is -0.133. The molecule has 0 saturated heterocycles. The molecule has 2 aliphatic rings. The van der Waals surface area contributed by atoms with Gasteiger partial charge >= 0.3 is 0 Å². The van der Waals surface area contributed by atoms with Gasteiger partial charge in [-0.1, -0.05) is 87.2 Å². The number of aliphatic imine (C=N–C) groups is 1. The summed E-state index contributed by atoms with van der Waals surface area (Å²) in [4.78, 5) is 34.5. The first-order valence-corrected chi connectivity index (χ1v) is 15.8. The van der Waals surface area contributed by atoms with Crippen LogP contribution in [0.5, 0.6) is 0 Å². The Morgan fingerprint density at radius 2 is 1.84 bits per heavy atom. The molecule has 1 spiro atoms. The van der Waals surface area contributed by atoms with Crippen LogP contribution in [0, 0.1) is 11.3 Å². The molecule has 0 radical (unpaired) electrons. The molecule has 11 heteroatoms. The zero-order valence-electron chi connectivity index (χ0n) is 25.2. The number of halogens is 2. The van der Waals surface area contributed by atoms with Crippen molar-refractivity contribution in [3.8, 4) is 0 Å². The van der Waals surface area contributed by atoms with E-state index >= 15 is 0 Å². The van der Waals surface area contributed by atoms with Gasteiger partial charge in [-0.25, -0.2) is 0 Å². The topological polar surface area (TPSA) is 116 Å². The van der Waals surface area contributed by atoms with Crippen molar-refractivity contribution >= 4 is 40.7 Å². The third-order valence-corrected chi connectivity index (χ3v) is 9.63. The molecule has 1 fully saturated rings. The van der Waals surface area contributed by atoms with E-state index in [9.17, 15) is 9.59 Å². The second-order valence-corrected chi connectivity index (χ2v) is 13.5. The molecule has 2 heterocycles. The highest BCUT2D eigenvalue weighted by molar-refractivity contribution is 6.48. The lowest BCUT2D eigenvalue weighted by Crippen LogP contribution is -2.51. The van der Waals surface area contributed by atoms with Gasteiger partial charge in [0, 0.05) is 11.1 Å². The summed E-state index contributed by atoms with van der Waals surface area (Å²) in [6.07, 6.45) is 6.31. The summed E-state index contributed by atoms with van der Waals surface area (Å²) in [5.41, 5.74) is 2.17. The zero-order chi connectivity index (χ0) is 30.8. The Bertz CT molecular complexity index is 1470. The average Bonchev–Trinajstić information content (AvgIpc) is 3.60. The Morgan fingerprint density at radius 1 is 1.12 bits per heavy atom. The van der Waals surface area contributed by atoms with Crippen molar-refractivity contribution in [2.75, 3.05) is 0 Å². The van der Waals surface area contributed by atoms with Crippen LogP contribution in [0.1, 0.15) is 106 Å². The fraction of sp³-hybridized carbons (Fsp3) is 0.500. The van der Waals surface area contributed by atoms with Gasteiger partial charge in [-0.15, -0.1) is 10.2 Å². The Hall–Kier alpha value is -3.30. The molecule has 1 aromatic heterocycles. The number of carbonyl (C=O) groups is 2. The highest BCUT2D eigenvalue weighted by Crippen LogP contribution is 2.50. The van der Waals surface area contributed by atoms with E-state index in [1.165, 1.54) is 0 Å². The molecule has 3 aromatic rings. The number of H-pyrrole nitrogens is 1. The Labute approximate surface area is 262 Å². The first-order chi connectivity index (χ1) is 20.5. The predicted octanol–water partition coefficient (Wildman–Crippen LogP) is 6.93. The number of carbonyl (C=O) groups excluding carboxylic acids is 2. The predicted molar refractivity (Wildman–Crippen MR) is 168 cm³/mol. The minimum atomic E-state index is -0.640. The van der Waals surface area contributed by atoms with Crippen molar-refractivity contribution in [3.63, 3.8) is 0 Å². The van der Waals surface area contributed by atoms with E-state index in [1.54, 1.807) is 12.1 Å². The number of aromatic nitrogens is 4.